The van der Waals surface area contributed by atoms with Crippen LogP contribution in [-0.2, 0) is 9.59 Å². The highest BCUT2D eigenvalue weighted by Gasteiger charge is 2.37. The average molecular weight is 482 g/mol. The van der Waals surface area contributed by atoms with Gasteiger partial charge in [-0.2, -0.15) is 5.10 Å². The van der Waals surface area contributed by atoms with Crippen molar-refractivity contribution in [2.75, 3.05) is 25.0 Å². The number of likely N-dealkylation sites (tertiary alicyclic amines) is 1. The number of pyridine rings is 1. The van der Waals surface area contributed by atoms with Gasteiger partial charge in [0.25, 0.3) is 5.91 Å². The zero-order valence-corrected chi connectivity index (χ0v) is 19.1. The van der Waals surface area contributed by atoms with E-state index in [0.29, 0.717) is 60.4 Å². The maximum atomic E-state index is 13.2. The summed E-state index contributed by atoms with van der Waals surface area (Å²) in [6.45, 7) is 1.51. The molecule has 1 N–H and O–H groups in total. The van der Waals surface area contributed by atoms with Crippen LogP contribution in [0.1, 0.15) is 36.8 Å². The molecule has 0 aromatic carbocycles. The first-order valence-corrected chi connectivity index (χ1v) is 11.6. The van der Waals surface area contributed by atoms with Crippen LogP contribution >= 0.6 is 11.6 Å². The van der Waals surface area contributed by atoms with Crippen LogP contribution in [0.4, 0.5) is 5.82 Å². The van der Waals surface area contributed by atoms with Gasteiger partial charge in [-0.05, 0) is 62.3 Å². The van der Waals surface area contributed by atoms with Crippen LogP contribution in [0.2, 0.25) is 5.02 Å². The van der Waals surface area contributed by atoms with Crippen LogP contribution in [-0.4, -0.2) is 52.1 Å². The van der Waals surface area contributed by atoms with Crippen LogP contribution in [0.5, 0.6) is 0 Å². The van der Waals surface area contributed by atoms with Crippen LogP contribution in [0.15, 0.2) is 69.1 Å². The molecule has 0 aliphatic carbocycles. The van der Waals surface area contributed by atoms with Crippen molar-refractivity contribution in [3.8, 4) is 0 Å². The van der Waals surface area contributed by atoms with Crippen LogP contribution in [0, 0.1) is 5.92 Å². The maximum Gasteiger partial charge on any atom is 0.257 e. The van der Waals surface area contributed by atoms with E-state index in [2.05, 4.69) is 20.3 Å². The summed E-state index contributed by atoms with van der Waals surface area (Å²) in [4.78, 5) is 32.0. The molecule has 10 heteroatoms. The molecule has 0 saturated carbocycles. The van der Waals surface area contributed by atoms with Crippen molar-refractivity contribution in [1.29, 1.82) is 0 Å². The minimum absolute atomic E-state index is 0.0640. The number of rotatable bonds is 6. The first-order chi connectivity index (χ1) is 16.6. The second-order valence-electron chi connectivity index (χ2n) is 8.40. The number of amides is 2. The van der Waals surface area contributed by atoms with Gasteiger partial charge in [-0.25, -0.2) is 9.99 Å². The van der Waals surface area contributed by atoms with Gasteiger partial charge in [0, 0.05) is 18.5 Å². The molecule has 2 aliphatic rings. The zero-order chi connectivity index (χ0) is 23.5. The fourth-order valence-electron chi connectivity index (χ4n) is 4.33. The van der Waals surface area contributed by atoms with E-state index in [-0.39, 0.29) is 30.3 Å². The number of carbonyl (C=O) groups excluding carboxylic acids is 2. The fourth-order valence-corrected chi connectivity index (χ4v) is 4.44. The number of nitrogens with one attached hydrogen (secondary N) is 1. The lowest BCUT2D eigenvalue weighted by Crippen LogP contribution is -2.43. The standard InChI is InChI=1S/C24H24ClN5O4/c25-17-5-6-22(26-14-17)27-24(32)16-7-9-29(10-8-16)15-23(31)30-19(21-4-2-12-34-21)13-18(28-30)20-3-1-11-33-20/h1-6,11-12,14,16,19H,7-10,13,15H2,(H,26,27,32). The van der Waals surface area contributed by atoms with Crippen molar-refractivity contribution < 1.29 is 18.4 Å². The largest absolute Gasteiger partial charge is 0.467 e. The highest BCUT2D eigenvalue weighted by molar-refractivity contribution is 6.30. The van der Waals surface area contributed by atoms with Gasteiger partial charge in [-0.15, -0.1) is 0 Å². The number of aromatic nitrogens is 1. The number of hydrogen-bond donors (Lipinski definition) is 1. The van der Waals surface area contributed by atoms with E-state index in [4.69, 9.17) is 20.4 Å². The molecule has 5 heterocycles. The van der Waals surface area contributed by atoms with E-state index < -0.39 is 0 Å². The van der Waals surface area contributed by atoms with E-state index >= 15 is 0 Å². The number of piperidine rings is 1. The third kappa shape index (κ3) is 4.90. The summed E-state index contributed by atoms with van der Waals surface area (Å²) in [5.74, 6) is 1.51. The second-order valence-corrected chi connectivity index (χ2v) is 8.84. The zero-order valence-electron chi connectivity index (χ0n) is 18.4. The maximum absolute atomic E-state index is 13.2. The Morgan fingerprint density at radius 1 is 1.09 bits per heavy atom. The predicted molar refractivity (Wildman–Crippen MR) is 125 cm³/mol. The lowest BCUT2D eigenvalue weighted by atomic mass is 9.96. The minimum Gasteiger partial charge on any atom is -0.467 e. The molecule has 9 nitrogen and oxygen atoms in total. The Kier molecular flexibility index (Phi) is 6.46. The molecule has 1 fully saturated rings. The molecule has 2 amide bonds. The van der Waals surface area contributed by atoms with Crippen molar-refractivity contribution in [3.63, 3.8) is 0 Å². The summed E-state index contributed by atoms with van der Waals surface area (Å²) in [5, 5.41) is 9.43. The second kappa shape index (κ2) is 9.82. The first kappa shape index (κ1) is 22.4. The van der Waals surface area contributed by atoms with E-state index in [1.807, 2.05) is 12.1 Å². The van der Waals surface area contributed by atoms with E-state index in [1.54, 1.807) is 36.8 Å². The summed E-state index contributed by atoms with van der Waals surface area (Å²) in [7, 11) is 0. The molecule has 3 aromatic heterocycles. The monoisotopic (exact) mass is 481 g/mol. The predicted octanol–water partition coefficient (Wildman–Crippen LogP) is 3.95. The lowest BCUT2D eigenvalue weighted by molar-refractivity contribution is -0.135. The van der Waals surface area contributed by atoms with Crippen molar-refractivity contribution in [3.05, 3.63) is 71.7 Å². The Hall–Kier alpha value is -3.43. The number of nitrogens with zero attached hydrogens (tertiary/aromatic N) is 4. The van der Waals surface area contributed by atoms with E-state index in [1.165, 1.54) is 11.2 Å². The van der Waals surface area contributed by atoms with Gasteiger partial charge >= 0.3 is 0 Å². The molecule has 34 heavy (non-hydrogen) atoms. The molecule has 0 radical (unpaired) electrons. The van der Waals surface area contributed by atoms with Crippen molar-refractivity contribution >= 4 is 34.9 Å². The van der Waals surface area contributed by atoms with Crippen molar-refractivity contribution in [2.45, 2.75) is 25.3 Å². The minimum atomic E-state index is -0.308. The molecule has 1 unspecified atom stereocenters. The molecule has 176 valence electrons. The molecule has 1 saturated heterocycles. The van der Waals surface area contributed by atoms with Crippen LogP contribution < -0.4 is 5.32 Å². The third-order valence-electron chi connectivity index (χ3n) is 6.14. The van der Waals surface area contributed by atoms with Crippen LogP contribution in [0.3, 0.4) is 0 Å². The van der Waals surface area contributed by atoms with Gasteiger partial charge in [0.1, 0.15) is 29.1 Å². The lowest BCUT2D eigenvalue weighted by Gasteiger charge is -2.32. The van der Waals surface area contributed by atoms with Gasteiger partial charge in [0.05, 0.1) is 24.1 Å². The normalized spacial score (nSPS) is 19.3. The number of anilines is 1. The number of hydrazone groups is 1. The van der Waals surface area contributed by atoms with Crippen molar-refractivity contribution in [1.82, 2.24) is 14.9 Å². The smallest absolute Gasteiger partial charge is 0.257 e. The molecular formula is C24H24ClN5O4. The van der Waals surface area contributed by atoms with Gasteiger partial charge in [0.15, 0.2) is 0 Å². The van der Waals surface area contributed by atoms with Crippen molar-refractivity contribution in [2.24, 2.45) is 11.0 Å². The quantitative estimate of drug-likeness (QED) is 0.571. The molecule has 1 atom stereocenters. The number of hydrogen-bond acceptors (Lipinski definition) is 7. The summed E-state index contributed by atoms with van der Waals surface area (Å²) in [6.07, 6.45) is 6.53. The average Bonchev–Trinajstić information content (AvgIpc) is 3.62. The Bertz CT molecular complexity index is 1150. The number of halogens is 1. The molecular weight excluding hydrogens is 458 g/mol. The summed E-state index contributed by atoms with van der Waals surface area (Å²) >= 11 is 5.84. The van der Waals surface area contributed by atoms with Crippen LogP contribution in [0.25, 0.3) is 0 Å². The Morgan fingerprint density at radius 2 is 1.88 bits per heavy atom. The van der Waals surface area contributed by atoms with Gasteiger partial charge in [-0.3, -0.25) is 14.5 Å². The highest BCUT2D eigenvalue weighted by atomic mass is 35.5. The molecule has 0 spiro atoms. The topological polar surface area (TPSA) is 104 Å². The van der Waals surface area contributed by atoms with Gasteiger partial charge < -0.3 is 14.2 Å². The summed E-state index contributed by atoms with van der Waals surface area (Å²) in [5.41, 5.74) is 0.714. The third-order valence-corrected chi connectivity index (χ3v) is 6.36. The number of carbonyl (C=O) groups is 2. The molecule has 2 aliphatic heterocycles. The first-order valence-electron chi connectivity index (χ1n) is 11.2. The Morgan fingerprint density at radius 3 is 2.56 bits per heavy atom. The summed E-state index contributed by atoms with van der Waals surface area (Å²) < 4.78 is 11.1. The molecule has 3 aromatic rings. The molecule has 5 rings (SSSR count). The Balaban J connectivity index is 1.18. The highest BCUT2D eigenvalue weighted by Crippen LogP contribution is 2.33. The summed E-state index contributed by atoms with van der Waals surface area (Å²) in [6, 6.07) is 10.3. The van der Waals surface area contributed by atoms with E-state index in [9.17, 15) is 9.59 Å². The van der Waals surface area contributed by atoms with Gasteiger partial charge in [0.2, 0.25) is 5.91 Å². The van der Waals surface area contributed by atoms with E-state index in [0.717, 1.165) is 0 Å². The fraction of sp³-hybridized carbons (Fsp3) is 0.333. The SMILES string of the molecule is O=C(Nc1ccc(Cl)cn1)C1CCN(CC(=O)N2N=C(c3ccco3)CC2c2ccco2)CC1. The number of furan rings is 2. The molecule has 0 bridgehead atoms. The van der Waals surface area contributed by atoms with Gasteiger partial charge in [-0.1, -0.05) is 11.6 Å². The Labute approximate surface area is 201 Å².